The van der Waals surface area contributed by atoms with Crippen molar-refractivity contribution in [1.82, 2.24) is 15.3 Å². The number of aromatic nitrogens is 2. The fourth-order valence-corrected chi connectivity index (χ4v) is 4.47. The van der Waals surface area contributed by atoms with Crippen LogP contribution in [0.4, 0.5) is 0 Å². The van der Waals surface area contributed by atoms with Crippen LogP contribution < -0.4 is 14.8 Å². The zero-order valence-electron chi connectivity index (χ0n) is 18.3. The van der Waals surface area contributed by atoms with Crippen LogP contribution in [0, 0.1) is 0 Å². The quantitative estimate of drug-likeness (QED) is 0.379. The zero-order chi connectivity index (χ0) is 22.3. The second-order valence-corrected chi connectivity index (χ2v) is 8.60. The SMILES string of the molecule is CCOc1cc2c(cc1C=CC(=O)NCCCc1nc(-c3ccncc3)cs1)OC(C)C2. The summed E-state index contributed by atoms with van der Waals surface area (Å²) in [5.41, 5.74) is 4.04. The number of amides is 1. The van der Waals surface area contributed by atoms with E-state index in [1.165, 1.54) is 0 Å². The fraction of sp³-hybridized carbons (Fsp3) is 0.320. The highest BCUT2D eigenvalue weighted by atomic mass is 32.1. The highest BCUT2D eigenvalue weighted by molar-refractivity contribution is 7.09. The summed E-state index contributed by atoms with van der Waals surface area (Å²) in [7, 11) is 0. The lowest BCUT2D eigenvalue weighted by atomic mass is 10.1. The molecule has 3 heterocycles. The molecule has 1 N–H and O–H groups in total. The molecule has 1 aliphatic rings. The van der Waals surface area contributed by atoms with E-state index in [0.29, 0.717) is 13.2 Å². The molecule has 6 nitrogen and oxygen atoms in total. The number of aryl methyl sites for hydroxylation is 1. The zero-order valence-corrected chi connectivity index (χ0v) is 19.2. The summed E-state index contributed by atoms with van der Waals surface area (Å²) in [5.74, 6) is 1.52. The van der Waals surface area contributed by atoms with E-state index in [0.717, 1.165) is 58.2 Å². The van der Waals surface area contributed by atoms with E-state index in [1.54, 1.807) is 35.9 Å². The first-order valence-electron chi connectivity index (χ1n) is 10.9. The van der Waals surface area contributed by atoms with Crippen LogP contribution in [0.2, 0.25) is 0 Å². The number of nitrogens with zero attached hydrogens (tertiary/aromatic N) is 2. The van der Waals surface area contributed by atoms with Crippen LogP contribution in [-0.2, 0) is 17.6 Å². The van der Waals surface area contributed by atoms with Crippen LogP contribution in [0.5, 0.6) is 11.5 Å². The minimum atomic E-state index is -0.126. The minimum absolute atomic E-state index is 0.126. The van der Waals surface area contributed by atoms with Crippen LogP contribution in [0.3, 0.4) is 0 Å². The van der Waals surface area contributed by atoms with E-state index < -0.39 is 0 Å². The average molecular weight is 450 g/mol. The van der Waals surface area contributed by atoms with Gasteiger partial charge in [0.15, 0.2) is 0 Å². The van der Waals surface area contributed by atoms with Crippen LogP contribution in [0.25, 0.3) is 17.3 Å². The highest BCUT2D eigenvalue weighted by Gasteiger charge is 2.21. The molecule has 0 aliphatic carbocycles. The number of fused-ring (bicyclic) bond motifs is 1. The summed E-state index contributed by atoms with van der Waals surface area (Å²) in [6, 6.07) is 7.89. The Morgan fingerprint density at radius 2 is 2.19 bits per heavy atom. The van der Waals surface area contributed by atoms with Crippen LogP contribution in [0.15, 0.2) is 48.1 Å². The average Bonchev–Trinajstić information content (AvgIpc) is 3.41. The fourth-order valence-electron chi connectivity index (χ4n) is 3.62. The Labute approximate surface area is 192 Å². The van der Waals surface area contributed by atoms with Crippen molar-refractivity contribution in [3.63, 3.8) is 0 Å². The largest absolute Gasteiger partial charge is 0.493 e. The molecule has 32 heavy (non-hydrogen) atoms. The van der Waals surface area contributed by atoms with Crippen molar-refractivity contribution in [1.29, 1.82) is 0 Å². The molecule has 0 bridgehead atoms. The van der Waals surface area contributed by atoms with E-state index in [1.807, 2.05) is 31.2 Å². The number of hydrogen-bond acceptors (Lipinski definition) is 6. The number of benzene rings is 1. The number of nitrogens with one attached hydrogen (secondary N) is 1. The smallest absolute Gasteiger partial charge is 0.244 e. The van der Waals surface area contributed by atoms with Gasteiger partial charge in [0.2, 0.25) is 5.91 Å². The van der Waals surface area contributed by atoms with Gasteiger partial charge in [-0.2, -0.15) is 0 Å². The molecule has 0 saturated carbocycles. The molecule has 1 aliphatic heterocycles. The summed E-state index contributed by atoms with van der Waals surface area (Å²) in [6.07, 6.45) is 9.58. The Bertz CT molecular complexity index is 1100. The van der Waals surface area contributed by atoms with Crippen LogP contribution >= 0.6 is 11.3 Å². The van der Waals surface area contributed by atoms with Gasteiger partial charge >= 0.3 is 0 Å². The van der Waals surface area contributed by atoms with Gasteiger partial charge in [-0.15, -0.1) is 11.3 Å². The highest BCUT2D eigenvalue weighted by Crippen LogP contribution is 2.35. The molecule has 0 fully saturated rings. The first-order valence-corrected chi connectivity index (χ1v) is 11.8. The number of rotatable bonds is 9. The second-order valence-electron chi connectivity index (χ2n) is 7.65. The molecular weight excluding hydrogens is 422 g/mol. The van der Waals surface area contributed by atoms with Crippen LogP contribution in [0.1, 0.15) is 36.4 Å². The molecular formula is C25H27N3O3S. The summed E-state index contributed by atoms with van der Waals surface area (Å²) in [4.78, 5) is 21.0. The summed E-state index contributed by atoms with van der Waals surface area (Å²) >= 11 is 1.64. The van der Waals surface area contributed by atoms with Crippen LogP contribution in [-0.4, -0.2) is 35.1 Å². The molecule has 166 valence electrons. The van der Waals surface area contributed by atoms with Crippen molar-refractivity contribution in [2.24, 2.45) is 0 Å². The molecule has 1 aromatic carbocycles. The molecule has 0 saturated heterocycles. The van der Waals surface area contributed by atoms with Gasteiger partial charge in [0.1, 0.15) is 17.6 Å². The Morgan fingerprint density at radius 1 is 1.34 bits per heavy atom. The van der Waals surface area contributed by atoms with Gasteiger partial charge in [-0.3, -0.25) is 9.78 Å². The van der Waals surface area contributed by atoms with Crippen molar-refractivity contribution in [2.75, 3.05) is 13.2 Å². The third-order valence-electron chi connectivity index (χ3n) is 5.14. The molecule has 0 radical (unpaired) electrons. The Kier molecular flexibility index (Phi) is 7.17. The minimum Gasteiger partial charge on any atom is -0.493 e. The van der Waals surface area contributed by atoms with E-state index in [2.05, 4.69) is 27.6 Å². The van der Waals surface area contributed by atoms with Crippen molar-refractivity contribution < 1.29 is 14.3 Å². The number of hydrogen-bond donors (Lipinski definition) is 1. The maximum atomic E-state index is 12.3. The number of pyridine rings is 1. The van der Waals surface area contributed by atoms with E-state index in [4.69, 9.17) is 9.47 Å². The normalized spacial score (nSPS) is 14.9. The predicted octanol–water partition coefficient (Wildman–Crippen LogP) is 4.69. The van der Waals surface area contributed by atoms with Gasteiger partial charge in [-0.25, -0.2) is 4.98 Å². The van der Waals surface area contributed by atoms with Gasteiger partial charge in [-0.1, -0.05) is 0 Å². The Hall–Kier alpha value is -3.19. The Balaban J connectivity index is 1.27. The number of carbonyl (C=O) groups excluding carboxylic acids is 1. The van der Waals surface area contributed by atoms with E-state index in [-0.39, 0.29) is 12.0 Å². The van der Waals surface area contributed by atoms with Gasteiger partial charge in [0, 0.05) is 59.9 Å². The molecule has 1 atom stereocenters. The summed E-state index contributed by atoms with van der Waals surface area (Å²) in [6.45, 7) is 5.17. The van der Waals surface area contributed by atoms with E-state index in [9.17, 15) is 4.79 Å². The van der Waals surface area contributed by atoms with Gasteiger partial charge < -0.3 is 14.8 Å². The molecule has 3 aromatic rings. The predicted molar refractivity (Wildman–Crippen MR) is 127 cm³/mol. The third kappa shape index (κ3) is 5.53. The van der Waals surface area contributed by atoms with Crippen molar-refractivity contribution in [2.45, 2.75) is 39.2 Å². The third-order valence-corrected chi connectivity index (χ3v) is 6.05. The summed E-state index contributed by atoms with van der Waals surface area (Å²) in [5, 5.41) is 6.07. The lowest BCUT2D eigenvalue weighted by molar-refractivity contribution is -0.116. The Morgan fingerprint density at radius 3 is 3.00 bits per heavy atom. The first-order chi connectivity index (χ1) is 15.6. The molecule has 4 rings (SSSR count). The van der Waals surface area contributed by atoms with E-state index >= 15 is 0 Å². The molecule has 0 spiro atoms. The lowest BCUT2D eigenvalue weighted by Crippen LogP contribution is -2.22. The number of thiazole rings is 1. The maximum Gasteiger partial charge on any atom is 0.244 e. The van der Waals surface area contributed by atoms with Crippen molar-refractivity contribution in [3.05, 3.63) is 64.2 Å². The van der Waals surface area contributed by atoms with Crippen molar-refractivity contribution in [3.8, 4) is 22.8 Å². The summed E-state index contributed by atoms with van der Waals surface area (Å²) < 4.78 is 11.6. The molecule has 7 heteroatoms. The maximum absolute atomic E-state index is 12.3. The first kappa shape index (κ1) is 22.0. The number of ether oxygens (including phenoxy) is 2. The van der Waals surface area contributed by atoms with Gasteiger partial charge in [0.25, 0.3) is 0 Å². The second kappa shape index (κ2) is 10.4. The molecule has 1 unspecified atom stereocenters. The van der Waals surface area contributed by atoms with Gasteiger partial charge in [0.05, 0.1) is 17.3 Å². The monoisotopic (exact) mass is 449 g/mol. The lowest BCUT2D eigenvalue weighted by Gasteiger charge is -2.10. The topological polar surface area (TPSA) is 73.3 Å². The number of carbonyl (C=O) groups is 1. The molecule has 2 aromatic heterocycles. The van der Waals surface area contributed by atoms with Gasteiger partial charge in [-0.05, 0) is 50.6 Å². The van der Waals surface area contributed by atoms with Crippen molar-refractivity contribution >= 4 is 23.3 Å². The molecule has 1 amide bonds. The standard InChI is InChI=1S/C25H27N3O3S/c1-3-30-22-15-20-13-17(2)31-23(20)14-19(22)6-7-24(29)27-10-4-5-25-28-21(16-32-25)18-8-11-26-12-9-18/h6-9,11-12,14-17H,3-5,10,13H2,1-2H3,(H,27,29).